The second-order valence-corrected chi connectivity index (χ2v) is 35.3. The summed E-state index contributed by atoms with van der Waals surface area (Å²) in [5.41, 5.74) is 0. The van der Waals surface area contributed by atoms with E-state index in [1.165, 1.54) is 283 Å². The number of ether oxygens (including phenoxy) is 4. The minimum absolute atomic E-state index is 0.107. The number of phosphoric ester groups is 2. The Morgan fingerprint density at radius 3 is 0.710 bits per heavy atom. The molecule has 6 atom stereocenters. The lowest BCUT2D eigenvalue weighted by molar-refractivity contribution is -0.161. The molecule has 0 aromatic carbocycles. The number of aliphatic hydroxyl groups is 1. The zero-order valence-electron chi connectivity index (χ0n) is 70.5. The summed E-state index contributed by atoms with van der Waals surface area (Å²) in [5, 5.41) is 10.7. The summed E-state index contributed by atoms with van der Waals surface area (Å²) in [5.74, 6) is -0.548. The van der Waals surface area contributed by atoms with Crippen LogP contribution in [-0.2, 0) is 65.4 Å². The summed E-state index contributed by atoms with van der Waals surface area (Å²) in [6.07, 6.45) is 72.4. The first-order valence-electron chi connectivity index (χ1n) is 45.5. The molecule has 0 spiro atoms. The van der Waals surface area contributed by atoms with E-state index < -0.39 is 97.5 Å². The minimum atomic E-state index is -4.97. The zero-order chi connectivity index (χ0) is 78.5. The molecule has 0 saturated carbocycles. The normalized spacial score (nSPS) is 14.0. The first-order chi connectivity index (χ1) is 51.9. The molecular weight excluding hydrogens is 1390 g/mol. The average Bonchev–Trinajstić information content (AvgIpc) is 0.902. The van der Waals surface area contributed by atoms with Gasteiger partial charge in [-0.25, -0.2) is 9.13 Å². The molecule has 636 valence electrons. The smallest absolute Gasteiger partial charge is 0.462 e. The number of unbranched alkanes of at least 4 members (excludes halogenated alkanes) is 56. The zero-order valence-corrected chi connectivity index (χ0v) is 72.2. The Balaban J connectivity index is 5.21. The van der Waals surface area contributed by atoms with E-state index >= 15 is 0 Å². The van der Waals surface area contributed by atoms with E-state index in [0.717, 1.165) is 108 Å². The Morgan fingerprint density at radius 1 is 0.271 bits per heavy atom. The van der Waals surface area contributed by atoms with Gasteiger partial charge in [-0.05, 0) is 37.5 Å². The topological polar surface area (TPSA) is 237 Å². The predicted molar refractivity (Wildman–Crippen MR) is 442 cm³/mol. The van der Waals surface area contributed by atoms with Crippen LogP contribution < -0.4 is 0 Å². The van der Waals surface area contributed by atoms with Crippen LogP contribution in [0.15, 0.2) is 0 Å². The van der Waals surface area contributed by atoms with E-state index in [-0.39, 0.29) is 25.7 Å². The number of aliphatic hydroxyl groups excluding tert-OH is 1. The van der Waals surface area contributed by atoms with Crippen molar-refractivity contribution < 1.29 is 80.2 Å². The first kappa shape index (κ1) is 105. The van der Waals surface area contributed by atoms with Crippen molar-refractivity contribution in [1.29, 1.82) is 0 Å². The van der Waals surface area contributed by atoms with Gasteiger partial charge in [-0.2, -0.15) is 0 Å². The van der Waals surface area contributed by atoms with Crippen LogP contribution in [-0.4, -0.2) is 96.7 Å². The molecule has 0 heterocycles. The summed E-state index contributed by atoms with van der Waals surface area (Å²) in [6, 6.07) is 0. The van der Waals surface area contributed by atoms with Crippen molar-refractivity contribution in [3.8, 4) is 0 Å². The molecule has 0 aromatic rings. The third-order valence-corrected chi connectivity index (χ3v) is 23.0. The molecule has 107 heavy (non-hydrogen) atoms. The fraction of sp³-hybridized carbons (Fsp3) is 0.955. The Hall–Kier alpha value is -1.94. The van der Waals surface area contributed by atoms with Crippen molar-refractivity contribution in [2.75, 3.05) is 39.6 Å². The van der Waals surface area contributed by atoms with Gasteiger partial charge >= 0.3 is 39.5 Å². The predicted octanol–water partition coefficient (Wildman–Crippen LogP) is 27.0. The van der Waals surface area contributed by atoms with Gasteiger partial charge in [-0.3, -0.25) is 37.3 Å². The number of rotatable bonds is 87. The highest BCUT2D eigenvalue weighted by Gasteiger charge is 2.31. The fourth-order valence-electron chi connectivity index (χ4n) is 13.7. The van der Waals surface area contributed by atoms with Crippen LogP contribution in [0, 0.1) is 11.8 Å². The van der Waals surface area contributed by atoms with Gasteiger partial charge in [0, 0.05) is 25.7 Å². The van der Waals surface area contributed by atoms with E-state index in [1.807, 2.05) is 0 Å². The Bertz CT molecular complexity index is 2050. The second-order valence-electron chi connectivity index (χ2n) is 32.4. The van der Waals surface area contributed by atoms with Crippen molar-refractivity contribution in [2.24, 2.45) is 11.8 Å². The van der Waals surface area contributed by atoms with Gasteiger partial charge in [0.15, 0.2) is 12.2 Å². The van der Waals surface area contributed by atoms with Crippen molar-refractivity contribution in [3.05, 3.63) is 0 Å². The van der Waals surface area contributed by atoms with Crippen LogP contribution in [0.25, 0.3) is 0 Å². The molecular formula is C88H172O17P2. The van der Waals surface area contributed by atoms with Crippen LogP contribution >= 0.6 is 15.6 Å². The van der Waals surface area contributed by atoms with Crippen molar-refractivity contribution in [1.82, 2.24) is 0 Å². The van der Waals surface area contributed by atoms with Crippen LogP contribution in [0.2, 0.25) is 0 Å². The molecule has 0 aliphatic rings. The minimum Gasteiger partial charge on any atom is -0.462 e. The van der Waals surface area contributed by atoms with Crippen molar-refractivity contribution in [2.45, 2.75) is 490 Å². The maximum Gasteiger partial charge on any atom is 0.472 e. The summed E-state index contributed by atoms with van der Waals surface area (Å²) in [4.78, 5) is 73.2. The Morgan fingerprint density at radius 2 is 0.477 bits per heavy atom. The molecule has 0 saturated heterocycles. The van der Waals surface area contributed by atoms with Gasteiger partial charge in [0.2, 0.25) is 0 Å². The van der Waals surface area contributed by atoms with Gasteiger partial charge in [0.1, 0.15) is 19.3 Å². The second kappa shape index (κ2) is 79.3. The molecule has 0 rings (SSSR count). The molecule has 0 amide bonds. The first-order valence-corrected chi connectivity index (χ1v) is 48.5. The molecule has 3 N–H and O–H groups in total. The van der Waals surface area contributed by atoms with E-state index in [0.29, 0.717) is 25.7 Å². The maximum absolute atomic E-state index is 13.2. The molecule has 0 aliphatic heterocycles. The number of hydrogen-bond donors (Lipinski definition) is 3. The lowest BCUT2D eigenvalue weighted by Crippen LogP contribution is -2.30. The van der Waals surface area contributed by atoms with Gasteiger partial charge in [-0.15, -0.1) is 0 Å². The number of carbonyl (C=O) groups excluding carboxylic acids is 4. The Labute approximate surface area is 658 Å². The largest absolute Gasteiger partial charge is 0.472 e. The molecule has 17 nitrogen and oxygen atoms in total. The lowest BCUT2D eigenvalue weighted by atomic mass is 10.00. The summed E-state index contributed by atoms with van der Waals surface area (Å²) >= 11 is 0. The van der Waals surface area contributed by atoms with Gasteiger partial charge in [0.25, 0.3) is 0 Å². The third kappa shape index (κ3) is 80.5. The van der Waals surface area contributed by atoms with Crippen LogP contribution in [0.3, 0.4) is 0 Å². The average molecular weight is 1560 g/mol. The molecule has 0 fully saturated rings. The number of hydrogen-bond acceptors (Lipinski definition) is 15. The van der Waals surface area contributed by atoms with E-state index in [4.69, 9.17) is 37.0 Å². The van der Waals surface area contributed by atoms with E-state index in [1.54, 1.807) is 0 Å². The van der Waals surface area contributed by atoms with Crippen LogP contribution in [0.1, 0.15) is 472 Å². The molecule has 19 heteroatoms. The molecule has 3 unspecified atom stereocenters. The highest BCUT2D eigenvalue weighted by Crippen LogP contribution is 2.45. The van der Waals surface area contributed by atoms with Crippen LogP contribution in [0.5, 0.6) is 0 Å². The van der Waals surface area contributed by atoms with Crippen molar-refractivity contribution in [3.63, 3.8) is 0 Å². The van der Waals surface area contributed by atoms with Crippen molar-refractivity contribution >= 4 is 39.5 Å². The maximum atomic E-state index is 13.2. The number of carbonyl (C=O) groups is 4. The SMILES string of the molecule is CCCCCCCCCCCCCCCCCCCCCCCCC(=O)O[C@H](COC(=O)CCCCCCCCCCCCCCCCCCCCC(C)C)COP(=O)(O)OC[C@@H](O)COP(=O)(O)OC[C@@H](COC(=O)CCCCCCCCC(C)CC)OC(=O)CCCCCCCCCCCCCCCC. The summed E-state index contributed by atoms with van der Waals surface area (Å²) < 4.78 is 68.9. The Kier molecular flexibility index (Phi) is 77.9. The number of esters is 4. The quantitative estimate of drug-likeness (QED) is 0.0222. The third-order valence-electron chi connectivity index (χ3n) is 21.1. The summed E-state index contributed by atoms with van der Waals surface area (Å²) in [6.45, 7) is 9.67. The van der Waals surface area contributed by atoms with E-state index in [9.17, 15) is 43.2 Å². The van der Waals surface area contributed by atoms with Crippen LogP contribution in [0.4, 0.5) is 0 Å². The molecule has 0 aliphatic carbocycles. The monoisotopic (exact) mass is 1560 g/mol. The van der Waals surface area contributed by atoms with Gasteiger partial charge in [-0.1, -0.05) is 420 Å². The molecule has 0 bridgehead atoms. The highest BCUT2D eigenvalue weighted by atomic mass is 31.2. The van der Waals surface area contributed by atoms with Gasteiger partial charge in [0.05, 0.1) is 26.4 Å². The fourth-order valence-corrected chi connectivity index (χ4v) is 15.3. The molecule has 0 radical (unpaired) electrons. The molecule has 0 aromatic heterocycles. The summed E-state index contributed by atoms with van der Waals surface area (Å²) in [7, 11) is -9.93. The highest BCUT2D eigenvalue weighted by molar-refractivity contribution is 7.47. The van der Waals surface area contributed by atoms with Gasteiger partial charge < -0.3 is 33.8 Å². The van der Waals surface area contributed by atoms with E-state index in [2.05, 4.69) is 41.5 Å². The standard InChI is InChI=1S/C88H172O17P2/c1-7-10-12-14-16-18-20-22-24-25-26-27-28-29-34-37-41-45-49-53-61-67-73-87(92)104-83(76-98-85(90)70-64-58-51-47-43-40-36-33-31-30-32-35-38-42-46-50-56-62-68-80(4)5)78-102-106(94,95)100-74-82(89)75-101-107(96,97)103-79-84(77-99-86(91)71-65-59-55-54-57-63-69-81(6)9-3)105-88(93)72-66-60-52-48-44-39-23-21-19-17-15-13-11-8-2/h80-84,89H,7-79H2,1-6H3,(H,94,95)(H,96,97)/t81?,82-,83-,84-/m1/s1. The number of phosphoric acid groups is 2. The lowest BCUT2D eigenvalue weighted by Gasteiger charge is -2.21.